The molecule has 4 rings (SSSR count). The highest BCUT2D eigenvalue weighted by Crippen LogP contribution is 2.41. The Labute approximate surface area is 212 Å². The van der Waals surface area contributed by atoms with E-state index in [9.17, 15) is 9.32 Å². The zero-order valence-electron chi connectivity index (χ0n) is 20.2. The lowest BCUT2D eigenvalue weighted by atomic mass is 10.2. The van der Waals surface area contributed by atoms with Gasteiger partial charge >= 0.3 is 0 Å². The summed E-state index contributed by atoms with van der Waals surface area (Å²) in [5, 5.41) is 20.9. The summed E-state index contributed by atoms with van der Waals surface area (Å²) >= 11 is 4.10. The highest BCUT2D eigenvalue weighted by Gasteiger charge is 2.32. The quantitative estimate of drug-likeness (QED) is 0.281. The normalized spacial score (nSPS) is 13.5. The van der Waals surface area contributed by atoms with Crippen LogP contribution in [0.2, 0.25) is 0 Å². The molecular formula is C22H35N5O2S4. The average Bonchev–Trinajstić information content (AvgIpc) is 3.24. The minimum Gasteiger partial charge on any atom is -0.504 e. The van der Waals surface area contributed by atoms with Crippen LogP contribution in [0.25, 0.3) is 0 Å². The van der Waals surface area contributed by atoms with E-state index < -0.39 is 11.0 Å². The molecule has 3 N–H and O–H groups in total. The maximum Gasteiger partial charge on any atom is 0.188 e. The lowest BCUT2D eigenvalue weighted by molar-refractivity contribution is 0.463. The van der Waals surface area contributed by atoms with E-state index in [-0.39, 0.29) is 5.75 Å². The molecule has 0 aromatic carbocycles. The molecule has 1 fully saturated rings. The summed E-state index contributed by atoms with van der Waals surface area (Å²) < 4.78 is 23.5. The molecule has 0 radical (unpaired) electrons. The van der Waals surface area contributed by atoms with Gasteiger partial charge in [0, 0.05) is 23.3 Å². The van der Waals surface area contributed by atoms with Gasteiger partial charge in [0.05, 0.1) is 24.0 Å². The van der Waals surface area contributed by atoms with E-state index in [1.54, 1.807) is 16.7 Å². The third kappa shape index (κ3) is 7.74. The van der Waals surface area contributed by atoms with Crippen LogP contribution in [0.5, 0.6) is 5.75 Å². The zero-order valence-corrected chi connectivity index (χ0v) is 23.4. The minimum atomic E-state index is -1.35. The van der Waals surface area contributed by atoms with Gasteiger partial charge in [0.1, 0.15) is 11.0 Å². The van der Waals surface area contributed by atoms with Gasteiger partial charge in [-0.3, -0.25) is 0 Å². The molecule has 0 amide bonds. The third-order valence-corrected chi connectivity index (χ3v) is 8.82. The molecule has 3 heterocycles. The van der Waals surface area contributed by atoms with E-state index >= 15 is 0 Å². The van der Waals surface area contributed by atoms with Crippen molar-refractivity contribution < 1.29 is 9.32 Å². The number of aromatic hydroxyl groups is 1. The van der Waals surface area contributed by atoms with Crippen LogP contribution < -0.4 is 10.6 Å². The molecule has 33 heavy (non-hydrogen) atoms. The van der Waals surface area contributed by atoms with Gasteiger partial charge in [0.2, 0.25) is 0 Å². The Morgan fingerprint density at radius 2 is 1.82 bits per heavy atom. The smallest absolute Gasteiger partial charge is 0.188 e. The van der Waals surface area contributed by atoms with E-state index in [0.717, 1.165) is 31.0 Å². The summed E-state index contributed by atoms with van der Waals surface area (Å²) in [6.07, 6.45) is 4.39. The van der Waals surface area contributed by atoms with Crippen molar-refractivity contribution in [3.8, 4) is 5.75 Å². The van der Waals surface area contributed by atoms with Gasteiger partial charge < -0.3 is 15.7 Å². The van der Waals surface area contributed by atoms with Crippen LogP contribution in [-0.2, 0) is 24.0 Å². The number of hydrogen-bond acceptors (Lipinski definition) is 9. The number of nitrogens with zero attached hydrogens (tertiary/aromatic N) is 3. The molecular weight excluding hydrogens is 495 g/mol. The number of aryl methyl sites for hydroxylation is 1. The summed E-state index contributed by atoms with van der Waals surface area (Å²) in [7, 11) is 0.481. The van der Waals surface area contributed by atoms with Crippen LogP contribution in [0.1, 0.15) is 64.3 Å². The fraction of sp³-hybridized carbons (Fsp3) is 0.545. The number of hydrogen-bond donors (Lipinski definition) is 3. The van der Waals surface area contributed by atoms with E-state index in [0.29, 0.717) is 34.1 Å². The number of anilines is 3. The first kappa shape index (κ1) is 27.7. The molecule has 0 aliphatic heterocycles. The predicted octanol–water partition coefficient (Wildman–Crippen LogP) is 6.84. The number of thiophene rings is 2. The lowest BCUT2D eigenvalue weighted by Gasteiger charge is -2.13. The van der Waals surface area contributed by atoms with Crippen molar-refractivity contribution in [1.82, 2.24) is 13.1 Å². The Balaban J connectivity index is 0.000000714. The van der Waals surface area contributed by atoms with E-state index in [1.807, 2.05) is 25.2 Å². The second-order valence-corrected chi connectivity index (χ2v) is 11.4. The first-order valence-electron chi connectivity index (χ1n) is 11.3. The SMILES string of the molecule is CC.CCC.CCc1csc(CNc2nsnc2Nc2csc(S(=O)N(C)C3CC3)c2O)c1. The Hall–Kier alpha value is -1.53. The standard InChI is InChI=1S/C17H21N5O2S4.C3H8.C2H6/c1-3-10-6-12(25-8-10)7-18-15-16(21-27-20-15)19-13-9-26-17(14(13)23)28(24)22(2)11-4-5-11;1-3-2;1-2/h6,8-9,11,23H,3-5,7H2,1-2H3,(H,18,20)(H,19,21);3H2,1-2H3;1-2H3. The molecule has 1 aliphatic carbocycles. The molecule has 1 saturated carbocycles. The van der Waals surface area contributed by atoms with Gasteiger partial charge in [-0.2, -0.15) is 8.75 Å². The topological polar surface area (TPSA) is 90.4 Å². The first-order valence-corrected chi connectivity index (χ1v) is 14.9. The van der Waals surface area contributed by atoms with Gasteiger partial charge in [-0.15, -0.1) is 22.7 Å². The van der Waals surface area contributed by atoms with Crippen molar-refractivity contribution in [1.29, 1.82) is 0 Å². The lowest BCUT2D eigenvalue weighted by Crippen LogP contribution is -2.22. The second-order valence-electron chi connectivity index (χ2n) is 7.23. The molecule has 0 saturated heterocycles. The van der Waals surface area contributed by atoms with Crippen LogP contribution in [0.4, 0.5) is 17.3 Å². The van der Waals surface area contributed by atoms with Gasteiger partial charge in [-0.1, -0.05) is 41.0 Å². The van der Waals surface area contributed by atoms with E-state index in [1.165, 1.54) is 28.2 Å². The molecule has 1 unspecified atom stereocenters. The summed E-state index contributed by atoms with van der Waals surface area (Å²) in [6, 6.07) is 2.54. The first-order chi connectivity index (χ1) is 16.0. The third-order valence-electron chi connectivity index (χ3n) is 4.50. The van der Waals surface area contributed by atoms with Crippen LogP contribution >= 0.6 is 34.4 Å². The zero-order chi connectivity index (χ0) is 24.4. The predicted molar refractivity (Wildman–Crippen MR) is 145 cm³/mol. The molecule has 184 valence electrons. The maximum atomic E-state index is 12.6. The molecule has 3 aromatic heterocycles. The fourth-order valence-corrected chi connectivity index (χ4v) is 6.50. The van der Waals surface area contributed by atoms with Crippen LogP contribution in [-0.4, -0.2) is 35.5 Å². The molecule has 1 aliphatic rings. The Bertz CT molecular complexity index is 997. The van der Waals surface area contributed by atoms with Gasteiger partial charge in [-0.25, -0.2) is 8.51 Å². The second kappa shape index (κ2) is 14.0. The van der Waals surface area contributed by atoms with Crippen molar-refractivity contribution >= 4 is 62.7 Å². The van der Waals surface area contributed by atoms with Crippen molar-refractivity contribution in [3.63, 3.8) is 0 Å². The van der Waals surface area contributed by atoms with E-state index in [4.69, 9.17) is 0 Å². The average molecular weight is 530 g/mol. The van der Waals surface area contributed by atoms with Crippen LogP contribution in [0, 0.1) is 0 Å². The molecule has 0 bridgehead atoms. The summed E-state index contributed by atoms with van der Waals surface area (Å²) in [4.78, 5) is 1.23. The number of nitrogens with one attached hydrogen (secondary N) is 2. The molecule has 1 atom stereocenters. The molecule has 3 aromatic rings. The monoisotopic (exact) mass is 529 g/mol. The molecule has 11 heteroatoms. The number of rotatable bonds is 9. The van der Waals surface area contributed by atoms with Crippen molar-refractivity contribution in [3.05, 3.63) is 27.3 Å². The van der Waals surface area contributed by atoms with Gasteiger partial charge in [0.15, 0.2) is 21.6 Å². The highest BCUT2D eigenvalue weighted by molar-refractivity contribution is 7.85. The Morgan fingerprint density at radius 1 is 1.15 bits per heavy atom. The summed E-state index contributed by atoms with van der Waals surface area (Å²) in [5.41, 5.74) is 1.83. The summed E-state index contributed by atoms with van der Waals surface area (Å²) in [6.45, 7) is 11.1. The molecule has 0 spiro atoms. The molecule has 7 nitrogen and oxygen atoms in total. The Morgan fingerprint density at radius 3 is 2.42 bits per heavy atom. The van der Waals surface area contributed by atoms with Crippen molar-refractivity contribution in [2.75, 3.05) is 17.7 Å². The van der Waals surface area contributed by atoms with E-state index in [2.05, 4.69) is 51.6 Å². The highest BCUT2D eigenvalue weighted by atomic mass is 32.2. The summed E-state index contributed by atoms with van der Waals surface area (Å²) in [5.74, 6) is 1.21. The van der Waals surface area contributed by atoms with Gasteiger partial charge in [0.25, 0.3) is 0 Å². The Kier molecular flexibility index (Phi) is 11.8. The van der Waals surface area contributed by atoms with Crippen molar-refractivity contribution in [2.24, 2.45) is 0 Å². The fourth-order valence-electron chi connectivity index (χ4n) is 2.64. The van der Waals surface area contributed by atoms with Crippen molar-refractivity contribution in [2.45, 2.75) is 77.1 Å². The van der Waals surface area contributed by atoms with Crippen LogP contribution in [0.3, 0.4) is 0 Å². The minimum absolute atomic E-state index is 0.0145. The maximum absolute atomic E-state index is 12.6. The largest absolute Gasteiger partial charge is 0.504 e. The van der Waals surface area contributed by atoms with Crippen LogP contribution in [0.15, 0.2) is 21.0 Å². The van der Waals surface area contributed by atoms with Gasteiger partial charge in [-0.05, 0) is 36.3 Å². The number of aromatic nitrogens is 2.